The van der Waals surface area contributed by atoms with Gasteiger partial charge in [0, 0.05) is 29.2 Å². The Bertz CT molecular complexity index is 852. The summed E-state index contributed by atoms with van der Waals surface area (Å²) in [5.41, 5.74) is 4.56. The largest absolute Gasteiger partial charge is 0.504 e. The number of phenolic OH excluding ortho intramolecular Hbond substituents is 2. The van der Waals surface area contributed by atoms with E-state index >= 15 is 0 Å². The van der Waals surface area contributed by atoms with Crippen molar-refractivity contribution in [2.75, 3.05) is 20.8 Å². The topological polar surface area (TPSA) is 62.2 Å². The molecule has 0 amide bonds. The van der Waals surface area contributed by atoms with Crippen molar-refractivity contribution >= 4 is 15.9 Å². The van der Waals surface area contributed by atoms with Gasteiger partial charge in [0.15, 0.2) is 23.0 Å². The van der Waals surface area contributed by atoms with E-state index in [1.54, 1.807) is 20.3 Å². The van der Waals surface area contributed by atoms with Gasteiger partial charge >= 0.3 is 0 Å². The first-order valence-corrected chi connectivity index (χ1v) is 9.03. The fourth-order valence-electron chi connectivity index (χ4n) is 4.08. The monoisotopic (exact) mass is 405 g/mol. The van der Waals surface area contributed by atoms with Gasteiger partial charge in [0.05, 0.1) is 14.2 Å². The molecule has 1 atom stereocenters. The van der Waals surface area contributed by atoms with Crippen LogP contribution in [0.25, 0.3) is 0 Å². The molecule has 0 aliphatic carbocycles. The molecule has 2 aromatic rings. The zero-order chi connectivity index (χ0) is 17.7. The summed E-state index contributed by atoms with van der Waals surface area (Å²) < 4.78 is 11.6. The average Bonchev–Trinajstić information content (AvgIpc) is 2.60. The highest BCUT2D eigenvalue weighted by Gasteiger charge is 2.35. The van der Waals surface area contributed by atoms with Crippen molar-refractivity contribution in [2.45, 2.75) is 25.4 Å². The standard InChI is InChI=1S/C19H20BrNO4/c1-24-18-5-10-3-4-21-9-13-12(6-15(21)11(10)7-16(18)22)14(20)8-17(23)19(13)25-2/h5,7-8,15,22-23H,3-4,6,9H2,1-2H3. The first-order chi connectivity index (χ1) is 12.0. The minimum absolute atomic E-state index is 0.159. The second kappa shape index (κ2) is 6.11. The number of nitrogens with zero attached hydrogens (tertiary/aromatic N) is 1. The second-order valence-corrected chi connectivity index (χ2v) is 7.39. The summed E-state index contributed by atoms with van der Waals surface area (Å²) in [5.74, 6) is 1.42. The number of benzene rings is 2. The normalized spacial score (nSPS) is 18.9. The fraction of sp³-hybridized carbons (Fsp3) is 0.368. The Morgan fingerprint density at radius 1 is 1.08 bits per heavy atom. The summed E-state index contributed by atoms with van der Waals surface area (Å²) in [4.78, 5) is 2.38. The van der Waals surface area contributed by atoms with Gasteiger partial charge < -0.3 is 19.7 Å². The molecule has 0 fully saturated rings. The van der Waals surface area contributed by atoms with E-state index in [1.165, 1.54) is 5.56 Å². The number of hydrogen-bond acceptors (Lipinski definition) is 5. The highest BCUT2D eigenvalue weighted by Crippen LogP contribution is 2.47. The minimum atomic E-state index is 0.159. The molecule has 2 aliphatic heterocycles. The molecule has 25 heavy (non-hydrogen) atoms. The number of hydrogen-bond donors (Lipinski definition) is 2. The summed E-state index contributed by atoms with van der Waals surface area (Å²) in [6, 6.07) is 5.67. The van der Waals surface area contributed by atoms with Gasteiger partial charge in [-0.25, -0.2) is 0 Å². The van der Waals surface area contributed by atoms with Crippen LogP contribution in [0.1, 0.15) is 28.3 Å². The second-order valence-electron chi connectivity index (χ2n) is 6.53. The number of methoxy groups -OCH3 is 2. The first kappa shape index (κ1) is 16.5. The van der Waals surface area contributed by atoms with E-state index in [2.05, 4.69) is 20.8 Å². The summed E-state index contributed by atoms with van der Waals surface area (Å²) in [7, 11) is 3.16. The quantitative estimate of drug-likeness (QED) is 0.799. The zero-order valence-electron chi connectivity index (χ0n) is 14.2. The Morgan fingerprint density at radius 3 is 2.60 bits per heavy atom. The lowest BCUT2D eigenvalue weighted by Gasteiger charge is -2.42. The SMILES string of the molecule is COc1cc2c(cc1O)C1Cc3c(Br)cc(O)c(OC)c3CN1CC2. The van der Waals surface area contributed by atoms with E-state index < -0.39 is 0 Å². The number of aromatic hydroxyl groups is 2. The molecule has 0 radical (unpaired) electrons. The van der Waals surface area contributed by atoms with Crippen LogP contribution in [0.5, 0.6) is 23.0 Å². The predicted molar refractivity (Wildman–Crippen MR) is 97.6 cm³/mol. The summed E-state index contributed by atoms with van der Waals surface area (Å²) >= 11 is 3.59. The molecule has 2 aromatic carbocycles. The number of ether oxygens (including phenoxy) is 2. The first-order valence-electron chi connectivity index (χ1n) is 8.24. The molecule has 0 bridgehead atoms. The van der Waals surface area contributed by atoms with Crippen LogP contribution in [0.2, 0.25) is 0 Å². The van der Waals surface area contributed by atoms with Gasteiger partial charge in [-0.1, -0.05) is 15.9 Å². The van der Waals surface area contributed by atoms with Crippen LogP contribution in [0.15, 0.2) is 22.7 Å². The Kier molecular flexibility index (Phi) is 4.04. The lowest BCUT2D eigenvalue weighted by atomic mass is 9.83. The van der Waals surface area contributed by atoms with Crippen molar-refractivity contribution < 1.29 is 19.7 Å². The minimum Gasteiger partial charge on any atom is -0.504 e. The van der Waals surface area contributed by atoms with Crippen LogP contribution in [-0.4, -0.2) is 35.9 Å². The Morgan fingerprint density at radius 2 is 1.88 bits per heavy atom. The summed E-state index contributed by atoms with van der Waals surface area (Å²) in [6.45, 7) is 1.63. The van der Waals surface area contributed by atoms with Crippen molar-refractivity contribution in [1.29, 1.82) is 0 Å². The molecule has 5 nitrogen and oxygen atoms in total. The highest BCUT2D eigenvalue weighted by atomic mass is 79.9. The molecule has 2 aliphatic rings. The van der Waals surface area contributed by atoms with Crippen LogP contribution in [0.4, 0.5) is 0 Å². The van der Waals surface area contributed by atoms with Crippen molar-refractivity contribution in [2.24, 2.45) is 0 Å². The van der Waals surface area contributed by atoms with Crippen LogP contribution in [-0.2, 0) is 19.4 Å². The summed E-state index contributed by atoms with van der Waals surface area (Å²) in [5, 5.41) is 20.4. The maximum Gasteiger partial charge on any atom is 0.165 e. The molecule has 0 saturated heterocycles. The van der Waals surface area contributed by atoms with Crippen molar-refractivity contribution in [1.82, 2.24) is 4.90 Å². The summed E-state index contributed by atoms with van der Waals surface area (Å²) in [6.07, 6.45) is 1.70. The van der Waals surface area contributed by atoms with E-state index in [0.717, 1.165) is 40.5 Å². The van der Waals surface area contributed by atoms with Crippen LogP contribution < -0.4 is 9.47 Å². The van der Waals surface area contributed by atoms with E-state index in [-0.39, 0.29) is 17.5 Å². The van der Waals surface area contributed by atoms with Gasteiger partial charge in [0.25, 0.3) is 0 Å². The lowest BCUT2D eigenvalue weighted by molar-refractivity contribution is 0.157. The van der Waals surface area contributed by atoms with Crippen molar-refractivity contribution in [3.8, 4) is 23.0 Å². The van der Waals surface area contributed by atoms with Crippen molar-refractivity contribution in [3.63, 3.8) is 0 Å². The average molecular weight is 406 g/mol. The van der Waals surface area contributed by atoms with Gasteiger partial charge in [-0.3, -0.25) is 4.90 Å². The molecular formula is C19H20BrNO4. The smallest absolute Gasteiger partial charge is 0.165 e. The van der Waals surface area contributed by atoms with Gasteiger partial charge in [0.1, 0.15) is 0 Å². The molecule has 6 heteroatoms. The number of fused-ring (bicyclic) bond motifs is 4. The van der Waals surface area contributed by atoms with E-state index in [9.17, 15) is 10.2 Å². The lowest BCUT2D eigenvalue weighted by Crippen LogP contribution is -2.39. The number of halogens is 1. The predicted octanol–water partition coefficient (Wildman–Crippen LogP) is 3.53. The molecule has 0 saturated carbocycles. The van der Waals surface area contributed by atoms with E-state index in [1.807, 2.05) is 12.1 Å². The van der Waals surface area contributed by atoms with Crippen LogP contribution >= 0.6 is 15.9 Å². The van der Waals surface area contributed by atoms with Gasteiger partial charge in [0.2, 0.25) is 0 Å². The van der Waals surface area contributed by atoms with Gasteiger partial charge in [-0.2, -0.15) is 0 Å². The number of rotatable bonds is 2. The fourth-order valence-corrected chi connectivity index (χ4v) is 4.70. The van der Waals surface area contributed by atoms with Gasteiger partial charge in [-0.15, -0.1) is 0 Å². The third-order valence-electron chi connectivity index (χ3n) is 5.29. The Balaban J connectivity index is 1.81. The molecule has 0 aromatic heterocycles. The molecule has 132 valence electrons. The molecular weight excluding hydrogens is 386 g/mol. The molecule has 1 unspecified atom stereocenters. The molecule has 2 N–H and O–H groups in total. The van der Waals surface area contributed by atoms with E-state index in [4.69, 9.17) is 9.47 Å². The third-order valence-corrected chi connectivity index (χ3v) is 6.00. The highest BCUT2D eigenvalue weighted by molar-refractivity contribution is 9.10. The Hall–Kier alpha value is -1.92. The van der Waals surface area contributed by atoms with E-state index in [0.29, 0.717) is 18.0 Å². The van der Waals surface area contributed by atoms with Crippen LogP contribution in [0.3, 0.4) is 0 Å². The maximum atomic E-state index is 10.2. The number of phenols is 2. The maximum absolute atomic E-state index is 10.2. The zero-order valence-corrected chi connectivity index (χ0v) is 15.8. The van der Waals surface area contributed by atoms with Gasteiger partial charge in [-0.05, 0) is 47.7 Å². The van der Waals surface area contributed by atoms with Crippen LogP contribution in [0, 0.1) is 0 Å². The van der Waals surface area contributed by atoms with Crippen molar-refractivity contribution in [3.05, 3.63) is 44.9 Å². The third kappa shape index (κ3) is 2.55. The molecule has 4 rings (SSSR count). The Labute approximate surface area is 154 Å². The molecule has 2 heterocycles. The molecule has 0 spiro atoms.